The quantitative estimate of drug-likeness (QED) is 0.215. The Hall–Kier alpha value is 0.772. The minimum atomic E-state index is -3.74. The van der Waals surface area contributed by atoms with Gasteiger partial charge < -0.3 is 15.0 Å². The summed E-state index contributed by atoms with van der Waals surface area (Å²) in [5, 5.41) is 18.9. The topological polar surface area (TPSA) is 115 Å². The molecule has 1 radical (unpaired) electrons. The predicted molar refractivity (Wildman–Crippen MR) is 61.9 cm³/mol. The molecule has 1 saturated heterocycles. The van der Waals surface area contributed by atoms with Crippen LogP contribution in [-0.4, -0.2) is 48.0 Å². The number of carboxylic acid groups (broad SMARTS) is 1. The second-order valence-electron chi connectivity index (χ2n) is 4.65. The molecule has 107 valence electrons. The molecule has 0 bridgehead atoms. The van der Waals surface area contributed by atoms with Gasteiger partial charge in [0.15, 0.2) is 15.2 Å². The van der Waals surface area contributed by atoms with E-state index in [0.29, 0.717) is 10.5 Å². The molecule has 0 aromatic heterocycles. The fourth-order valence-corrected chi connectivity index (χ4v) is 4.44. The molecular formula is C11H12AcNNaO6S. The first kappa shape index (κ1) is 21.8. The third kappa shape index (κ3) is 3.49. The summed E-state index contributed by atoms with van der Waals surface area (Å²) in [6.07, 6.45) is 0. The summed E-state index contributed by atoms with van der Waals surface area (Å²) < 4.78 is 24.1. The van der Waals surface area contributed by atoms with Crippen LogP contribution in [0.25, 0.3) is 0 Å². The zero-order valence-corrected chi connectivity index (χ0v) is 19.5. The maximum absolute atomic E-state index is 12.1. The zero-order chi connectivity index (χ0) is 14.5. The molecule has 0 aliphatic carbocycles. The van der Waals surface area contributed by atoms with E-state index in [1.54, 1.807) is 13.8 Å². The Morgan fingerprint density at radius 2 is 1.95 bits per heavy atom. The van der Waals surface area contributed by atoms with Gasteiger partial charge in [-0.25, -0.2) is 8.42 Å². The second-order valence-corrected chi connectivity index (χ2v) is 6.71. The molecule has 0 aromatic carbocycles. The molecule has 1 N–H and O–H groups in total. The van der Waals surface area contributed by atoms with Gasteiger partial charge in [-0.3, -0.25) is 9.69 Å². The van der Waals surface area contributed by atoms with Crippen molar-refractivity contribution in [3.8, 4) is 0 Å². The van der Waals surface area contributed by atoms with Gasteiger partial charge in [0, 0.05) is 44.1 Å². The zero-order valence-electron chi connectivity index (χ0n) is 11.9. The van der Waals surface area contributed by atoms with Crippen molar-refractivity contribution in [2.75, 3.05) is 12.4 Å². The summed E-state index contributed by atoms with van der Waals surface area (Å²) in [5.41, 5.74) is -0.134. The van der Waals surface area contributed by atoms with E-state index in [-0.39, 0.29) is 84.8 Å². The van der Waals surface area contributed by atoms with E-state index in [1.165, 1.54) is 0 Å². The molecule has 7 nitrogen and oxygen atoms in total. The van der Waals surface area contributed by atoms with E-state index in [9.17, 15) is 23.1 Å². The molecule has 0 spiro atoms. The Morgan fingerprint density at radius 1 is 1.43 bits per heavy atom. The normalized spacial score (nSPS) is 22.6. The fraction of sp³-hybridized carbons (Fsp3) is 0.455. The van der Waals surface area contributed by atoms with Crippen LogP contribution in [0, 0.1) is 44.1 Å². The Kier molecular flexibility index (Phi) is 7.84. The average Bonchev–Trinajstić information content (AvgIpc) is 2.27. The van der Waals surface area contributed by atoms with Gasteiger partial charge in [-0.1, -0.05) is 5.57 Å². The van der Waals surface area contributed by atoms with Crippen molar-refractivity contribution in [2.24, 2.45) is 0 Å². The standard InChI is InChI=1S/C11H13NO6S.Ac.Na/c1-5(2)7-9(14)12-8(11(15)16)6(3-13)4-19(17,18)10(7)12;;/h10,13H,3-4H2,1-2H3,(H,15,16);;/q;;+1/p-1. The number of allylic oxidation sites excluding steroid dienone is 1. The second kappa shape index (κ2) is 7.56. The number of β-lactam (4-membered cyclic amide) rings is 1. The van der Waals surface area contributed by atoms with Crippen molar-refractivity contribution < 1.29 is 102 Å². The van der Waals surface area contributed by atoms with Crippen molar-refractivity contribution in [3.63, 3.8) is 0 Å². The van der Waals surface area contributed by atoms with Crippen LogP contribution in [0.3, 0.4) is 0 Å². The smallest absolute Gasteiger partial charge is 0.543 e. The molecule has 2 heterocycles. The van der Waals surface area contributed by atoms with Crippen molar-refractivity contribution in [2.45, 2.75) is 19.2 Å². The number of sulfone groups is 1. The summed E-state index contributed by atoms with van der Waals surface area (Å²) >= 11 is 0. The van der Waals surface area contributed by atoms with Crippen molar-refractivity contribution in [3.05, 3.63) is 22.4 Å². The van der Waals surface area contributed by atoms with Crippen LogP contribution in [-0.2, 0) is 19.4 Å². The minimum absolute atomic E-state index is 0. The van der Waals surface area contributed by atoms with Crippen LogP contribution in [0.4, 0.5) is 0 Å². The number of hydrogen-bond acceptors (Lipinski definition) is 6. The first-order valence-electron chi connectivity index (χ1n) is 5.49. The van der Waals surface area contributed by atoms with Gasteiger partial charge in [0.25, 0.3) is 5.91 Å². The Labute approximate surface area is 180 Å². The third-order valence-electron chi connectivity index (χ3n) is 3.14. The number of aliphatic carboxylic acids is 1. The SMILES string of the molecule is CC(C)=C1C(=O)N2C(C(=O)[O-])=C(CO)CS(=O)(=O)C12.[Ac].[Na+]. The van der Waals surface area contributed by atoms with E-state index < -0.39 is 45.1 Å². The molecule has 10 heteroatoms. The summed E-state index contributed by atoms with van der Waals surface area (Å²) in [6.45, 7) is 2.43. The van der Waals surface area contributed by atoms with Crippen LogP contribution in [0.5, 0.6) is 0 Å². The number of aliphatic hydroxyl groups excluding tert-OH is 1. The maximum Gasteiger partial charge on any atom is 1.00 e. The molecule has 1 atom stereocenters. The number of hydrogen-bond donors (Lipinski definition) is 1. The minimum Gasteiger partial charge on any atom is -0.543 e. The van der Waals surface area contributed by atoms with E-state index >= 15 is 0 Å². The van der Waals surface area contributed by atoms with Gasteiger partial charge in [-0.05, 0) is 19.4 Å². The van der Waals surface area contributed by atoms with Crippen LogP contribution in [0.15, 0.2) is 22.4 Å². The number of carbonyl (C=O) groups excluding carboxylic acids is 2. The molecule has 1 amide bonds. The van der Waals surface area contributed by atoms with Gasteiger partial charge in [-0.15, -0.1) is 0 Å². The largest absolute Gasteiger partial charge is 1.00 e. The van der Waals surface area contributed by atoms with E-state index in [2.05, 4.69) is 0 Å². The van der Waals surface area contributed by atoms with Gasteiger partial charge in [-0.2, -0.15) is 0 Å². The molecule has 1 fully saturated rings. The number of amides is 1. The van der Waals surface area contributed by atoms with Crippen molar-refractivity contribution in [1.29, 1.82) is 0 Å². The van der Waals surface area contributed by atoms with E-state index in [4.69, 9.17) is 5.11 Å². The Morgan fingerprint density at radius 3 is 2.33 bits per heavy atom. The van der Waals surface area contributed by atoms with Crippen molar-refractivity contribution in [1.82, 2.24) is 4.90 Å². The first-order valence-corrected chi connectivity index (χ1v) is 7.20. The maximum atomic E-state index is 12.1. The number of rotatable bonds is 2. The van der Waals surface area contributed by atoms with Gasteiger partial charge in [0.2, 0.25) is 0 Å². The molecule has 2 aliphatic heterocycles. The summed E-state index contributed by atoms with van der Waals surface area (Å²) in [4.78, 5) is 23.6. The van der Waals surface area contributed by atoms with Gasteiger partial charge in [0.05, 0.1) is 29.6 Å². The van der Waals surface area contributed by atoms with Crippen LogP contribution < -0.4 is 34.7 Å². The summed E-state index contributed by atoms with van der Waals surface area (Å²) in [6, 6.07) is 0. The number of fused-ring (bicyclic) bond motifs is 1. The predicted octanol–water partition coefficient (Wildman–Crippen LogP) is -5.08. The first-order chi connectivity index (χ1) is 8.72. The number of nitrogens with zero attached hydrogens (tertiary/aromatic N) is 1. The number of carbonyl (C=O) groups is 2. The van der Waals surface area contributed by atoms with E-state index in [0.717, 1.165) is 0 Å². The summed E-state index contributed by atoms with van der Waals surface area (Å²) in [7, 11) is -3.74. The Balaban J connectivity index is 0.00000200. The molecule has 2 rings (SSSR count). The van der Waals surface area contributed by atoms with Gasteiger partial charge in [0.1, 0.15) is 0 Å². The van der Waals surface area contributed by atoms with Crippen LogP contribution in [0.1, 0.15) is 13.8 Å². The number of carboxylic acids is 1. The number of aliphatic hydroxyl groups is 1. The summed E-state index contributed by atoms with van der Waals surface area (Å²) in [5.74, 6) is -2.92. The molecule has 0 saturated carbocycles. The van der Waals surface area contributed by atoms with Gasteiger partial charge >= 0.3 is 29.6 Å². The third-order valence-corrected chi connectivity index (χ3v) is 5.02. The average molecular weight is 536 g/mol. The molecule has 21 heavy (non-hydrogen) atoms. The van der Waals surface area contributed by atoms with Crippen molar-refractivity contribution >= 4 is 21.7 Å². The Bertz CT molecular complexity index is 650. The fourth-order valence-electron chi connectivity index (χ4n) is 2.35. The molecule has 2 aliphatic rings. The molecule has 1 unspecified atom stereocenters. The monoisotopic (exact) mass is 536 g/mol. The van der Waals surface area contributed by atoms with Crippen LogP contribution in [0.2, 0.25) is 0 Å². The van der Waals surface area contributed by atoms with Crippen LogP contribution >= 0.6 is 0 Å². The molecular weight excluding hydrogens is 524 g/mol. The molecule has 0 aromatic rings. The van der Waals surface area contributed by atoms with E-state index in [1.807, 2.05) is 0 Å².